The van der Waals surface area contributed by atoms with E-state index in [1.807, 2.05) is 0 Å². The highest BCUT2D eigenvalue weighted by molar-refractivity contribution is 8.01. The fraction of sp³-hybridized carbons (Fsp3) is 1.00. The van der Waals surface area contributed by atoms with Crippen LogP contribution in [0.5, 0.6) is 0 Å². The van der Waals surface area contributed by atoms with Crippen molar-refractivity contribution in [3.8, 4) is 0 Å². The molecule has 2 rings (SSSR count). The lowest BCUT2D eigenvalue weighted by Gasteiger charge is -2.36. The van der Waals surface area contributed by atoms with Crippen LogP contribution in [-0.4, -0.2) is 72.0 Å². The molecule has 0 radical (unpaired) electrons. The molecule has 1 aliphatic heterocycles. The summed E-state index contributed by atoms with van der Waals surface area (Å²) < 4.78 is 49.8. The first-order valence-electron chi connectivity index (χ1n) is 9.42. The Kier molecular flexibility index (Phi) is 13.5. The zero-order valence-electron chi connectivity index (χ0n) is 16.0. The van der Waals surface area contributed by atoms with Crippen LogP contribution in [0.2, 0.25) is 0 Å². The van der Waals surface area contributed by atoms with Gasteiger partial charge in [0.15, 0.2) is 0 Å². The van der Waals surface area contributed by atoms with Crippen molar-refractivity contribution >= 4 is 52.8 Å². The highest BCUT2D eigenvalue weighted by Gasteiger charge is 2.37. The molecule has 28 heavy (non-hydrogen) atoms. The number of hydrogen-bond acceptors (Lipinski definition) is 6. The third-order valence-electron chi connectivity index (χ3n) is 4.32. The van der Waals surface area contributed by atoms with Crippen molar-refractivity contribution in [2.24, 2.45) is 5.73 Å². The number of rotatable bonds is 9. The molecule has 1 aliphatic carbocycles. The molecule has 1 unspecified atom stereocenters. The van der Waals surface area contributed by atoms with Crippen molar-refractivity contribution < 1.29 is 22.1 Å². The Hall–Kier alpha value is 0.910. The van der Waals surface area contributed by atoms with Crippen LogP contribution in [0, 0.1) is 0 Å². The summed E-state index contributed by atoms with van der Waals surface area (Å²) >= 11 is 12.7. The van der Waals surface area contributed by atoms with E-state index < -0.39 is 17.8 Å². The van der Waals surface area contributed by atoms with Gasteiger partial charge < -0.3 is 10.3 Å². The van der Waals surface area contributed by atoms with E-state index in [1.54, 1.807) is 4.67 Å². The van der Waals surface area contributed by atoms with Gasteiger partial charge in [0.1, 0.15) is 0 Å². The van der Waals surface area contributed by atoms with Crippen LogP contribution in [0.4, 0.5) is 0 Å². The number of nitrogens with zero attached hydrogens (tertiary/aromatic N) is 1. The van der Waals surface area contributed by atoms with Crippen molar-refractivity contribution in [1.29, 1.82) is 0 Å². The van der Waals surface area contributed by atoms with Gasteiger partial charge in [-0.2, -0.15) is 8.42 Å². The molecule has 2 fully saturated rings. The second kappa shape index (κ2) is 14.1. The SMILES string of the molecule is NC1CCCCC1.O=P1(N(CCCl)CCCl)N[C@H](SCCS(=O)(=O)O)CCO1. The molecule has 0 aromatic carbocycles. The Morgan fingerprint density at radius 2 is 1.79 bits per heavy atom. The van der Waals surface area contributed by atoms with Crippen LogP contribution < -0.4 is 10.8 Å². The minimum atomic E-state index is -3.98. The number of nitrogens with two attached hydrogens (primary N) is 1. The Morgan fingerprint density at radius 3 is 2.25 bits per heavy atom. The van der Waals surface area contributed by atoms with Gasteiger partial charge in [-0.25, -0.2) is 9.76 Å². The van der Waals surface area contributed by atoms with Crippen LogP contribution in [0.15, 0.2) is 0 Å². The molecule has 1 heterocycles. The van der Waals surface area contributed by atoms with Gasteiger partial charge in [0.05, 0.1) is 17.7 Å². The maximum atomic E-state index is 12.8. The van der Waals surface area contributed by atoms with E-state index in [9.17, 15) is 13.0 Å². The zero-order valence-corrected chi connectivity index (χ0v) is 20.0. The van der Waals surface area contributed by atoms with Crippen LogP contribution >= 0.6 is 42.6 Å². The summed E-state index contributed by atoms with van der Waals surface area (Å²) in [6.45, 7) is 1.05. The maximum absolute atomic E-state index is 12.8. The molecule has 168 valence electrons. The van der Waals surface area contributed by atoms with Crippen LogP contribution in [0.1, 0.15) is 38.5 Å². The van der Waals surface area contributed by atoms with Crippen LogP contribution in [0.25, 0.3) is 0 Å². The highest BCUT2D eigenvalue weighted by atomic mass is 35.5. The number of halogens is 2. The lowest BCUT2D eigenvalue weighted by molar-refractivity contribution is 0.227. The van der Waals surface area contributed by atoms with Gasteiger partial charge in [0, 0.05) is 36.6 Å². The van der Waals surface area contributed by atoms with Gasteiger partial charge in [-0.05, 0) is 19.3 Å². The van der Waals surface area contributed by atoms with Crippen molar-refractivity contribution in [2.45, 2.75) is 49.9 Å². The lowest BCUT2D eigenvalue weighted by atomic mass is 9.97. The van der Waals surface area contributed by atoms with Crippen LogP contribution in [0.3, 0.4) is 0 Å². The fourth-order valence-electron chi connectivity index (χ4n) is 2.85. The number of alkyl halides is 2. The average Bonchev–Trinajstić information content (AvgIpc) is 2.62. The van der Waals surface area contributed by atoms with E-state index in [2.05, 4.69) is 5.09 Å². The van der Waals surface area contributed by atoms with E-state index >= 15 is 0 Å². The largest absolute Gasteiger partial charge is 0.344 e. The third-order valence-corrected chi connectivity index (χ3v) is 9.32. The molecule has 8 nitrogen and oxygen atoms in total. The molecule has 4 N–H and O–H groups in total. The standard InChI is InChI=1S/C9H19Cl2N2O5PS2.C6H13N/c10-2-4-13(5-3-11)19(14)12-9(1-6-18-19)20-7-8-21(15,16)17;7-6-4-2-1-3-5-6/h9H,1-8H2,(H,12,14)(H,15,16,17);6H,1-5,7H2/t9-,19?;/m1./s1. The Bertz CT molecular complexity index is 576. The molecule has 0 aromatic heterocycles. The number of thioether (sulfide) groups is 1. The van der Waals surface area contributed by atoms with E-state index in [0.717, 1.165) is 0 Å². The van der Waals surface area contributed by atoms with E-state index in [-0.39, 0.29) is 16.9 Å². The molecule has 1 saturated heterocycles. The molecule has 2 aliphatic rings. The summed E-state index contributed by atoms with van der Waals surface area (Å²) in [5, 5.41) is 2.71. The third kappa shape index (κ3) is 11.3. The maximum Gasteiger partial charge on any atom is 0.344 e. The topological polar surface area (TPSA) is 122 Å². The highest BCUT2D eigenvalue weighted by Crippen LogP contribution is 2.50. The predicted octanol–water partition coefficient (Wildman–Crippen LogP) is 3.11. The summed E-state index contributed by atoms with van der Waals surface area (Å²) in [5.41, 5.74) is 5.63. The van der Waals surface area contributed by atoms with Gasteiger partial charge in [-0.3, -0.25) is 9.12 Å². The smallest absolute Gasteiger partial charge is 0.328 e. The average molecular weight is 500 g/mol. The molecule has 0 aromatic rings. The molecule has 2 atom stereocenters. The van der Waals surface area contributed by atoms with E-state index in [0.29, 0.717) is 43.9 Å². The van der Waals surface area contributed by atoms with Crippen molar-refractivity contribution in [3.63, 3.8) is 0 Å². The lowest BCUT2D eigenvalue weighted by Crippen LogP contribution is -2.40. The van der Waals surface area contributed by atoms with E-state index in [4.69, 9.17) is 38.0 Å². The summed E-state index contributed by atoms with van der Waals surface area (Å²) in [5.74, 6) is 0.467. The molecule has 0 amide bonds. The predicted molar refractivity (Wildman–Crippen MR) is 118 cm³/mol. The van der Waals surface area contributed by atoms with Crippen molar-refractivity contribution in [2.75, 3.05) is 43.0 Å². The first-order valence-corrected chi connectivity index (χ1v) is 14.7. The van der Waals surface area contributed by atoms with Gasteiger partial charge in [0.25, 0.3) is 10.1 Å². The Morgan fingerprint density at radius 1 is 1.18 bits per heavy atom. The molecule has 1 saturated carbocycles. The van der Waals surface area contributed by atoms with Crippen molar-refractivity contribution in [1.82, 2.24) is 9.76 Å². The summed E-state index contributed by atoms with van der Waals surface area (Å²) in [6, 6.07) is 0.536. The fourth-order valence-corrected chi connectivity index (χ4v) is 7.94. The first kappa shape index (κ1) is 26.9. The molecular formula is C15H32Cl2N3O5PS2. The second-order valence-electron chi connectivity index (χ2n) is 6.65. The quantitative estimate of drug-likeness (QED) is 0.249. The summed E-state index contributed by atoms with van der Waals surface area (Å²) in [4.78, 5) is 0. The first-order chi connectivity index (χ1) is 13.2. The summed E-state index contributed by atoms with van der Waals surface area (Å²) in [7, 11) is -7.19. The monoisotopic (exact) mass is 499 g/mol. The zero-order chi connectivity index (χ0) is 21.0. The van der Waals surface area contributed by atoms with Gasteiger partial charge in [0.2, 0.25) is 0 Å². The Labute approximate surface area is 182 Å². The van der Waals surface area contributed by atoms with Gasteiger partial charge in [-0.15, -0.1) is 35.0 Å². The number of nitrogens with one attached hydrogen (secondary N) is 1. The van der Waals surface area contributed by atoms with Crippen LogP contribution in [-0.2, 0) is 19.2 Å². The summed E-state index contributed by atoms with van der Waals surface area (Å²) in [6.07, 6.45) is 7.26. The minimum absolute atomic E-state index is 0.209. The van der Waals surface area contributed by atoms with Gasteiger partial charge in [-0.1, -0.05) is 19.3 Å². The molecular weight excluding hydrogens is 468 g/mol. The normalized spacial score (nSPS) is 26.7. The molecule has 0 bridgehead atoms. The van der Waals surface area contributed by atoms with Crippen molar-refractivity contribution in [3.05, 3.63) is 0 Å². The molecule has 13 heteroatoms. The number of hydrogen-bond donors (Lipinski definition) is 3. The molecule has 0 spiro atoms. The Balaban J connectivity index is 0.000000467. The van der Waals surface area contributed by atoms with Gasteiger partial charge >= 0.3 is 7.67 Å². The minimum Gasteiger partial charge on any atom is -0.328 e. The van der Waals surface area contributed by atoms with E-state index in [1.165, 1.54) is 43.9 Å². The second-order valence-corrected chi connectivity index (χ2v) is 12.4.